The average molecular weight is 195 g/mol. The van der Waals surface area contributed by atoms with E-state index in [1.807, 2.05) is 10.8 Å². The van der Waals surface area contributed by atoms with E-state index in [-0.39, 0.29) is 6.61 Å². The molecule has 1 aliphatic heterocycles. The molecule has 1 aromatic heterocycles. The third-order valence-corrected chi connectivity index (χ3v) is 2.80. The van der Waals surface area contributed by atoms with Crippen LogP contribution in [0.2, 0.25) is 0 Å². The number of aliphatic hydroxyl groups excluding tert-OH is 1. The average Bonchev–Trinajstić information content (AvgIpc) is 2.85. The molecule has 4 nitrogen and oxygen atoms in total. The normalized spacial score (nSPS) is 17.8. The highest BCUT2D eigenvalue weighted by molar-refractivity contribution is 4.90. The van der Waals surface area contributed by atoms with Gasteiger partial charge in [-0.3, -0.25) is 0 Å². The van der Waals surface area contributed by atoms with Crippen LogP contribution >= 0.6 is 0 Å². The summed E-state index contributed by atoms with van der Waals surface area (Å²) in [5.74, 6) is 0.768. The van der Waals surface area contributed by atoms with Gasteiger partial charge in [-0.05, 0) is 25.9 Å². The minimum Gasteiger partial charge on any atom is -0.388 e. The minimum absolute atomic E-state index is 0.0347. The smallest absolute Gasteiger partial charge is 0.134 e. The maximum absolute atomic E-state index is 9.00. The van der Waals surface area contributed by atoms with Crippen molar-refractivity contribution in [3.63, 3.8) is 0 Å². The molecule has 78 valence electrons. The Morgan fingerprint density at radius 3 is 2.79 bits per heavy atom. The zero-order valence-electron chi connectivity index (χ0n) is 8.39. The number of rotatable bonds is 4. The van der Waals surface area contributed by atoms with Crippen molar-refractivity contribution in [2.24, 2.45) is 0 Å². The van der Waals surface area contributed by atoms with Crippen LogP contribution in [0.15, 0.2) is 12.4 Å². The molecule has 0 spiro atoms. The Morgan fingerprint density at radius 2 is 2.07 bits per heavy atom. The summed E-state index contributed by atoms with van der Waals surface area (Å²) in [6.07, 6.45) is 6.34. The van der Waals surface area contributed by atoms with Gasteiger partial charge in [0.05, 0.1) is 0 Å². The molecular formula is C10H17N3O. The predicted octanol–water partition coefficient (Wildman–Crippen LogP) is 0.471. The maximum Gasteiger partial charge on any atom is 0.134 e. The molecular weight excluding hydrogens is 178 g/mol. The van der Waals surface area contributed by atoms with Crippen molar-refractivity contribution in [3.05, 3.63) is 18.2 Å². The summed E-state index contributed by atoms with van der Waals surface area (Å²) >= 11 is 0. The third kappa shape index (κ3) is 2.13. The van der Waals surface area contributed by atoms with Crippen LogP contribution in [-0.2, 0) is 13.2 Å². The van der Waals surface area contributed by atoms with E-state index in [2.05, 4.69) is 9.88 Å². The first-order valence-corrected chi connectivity index (χ1v) is 5.23. The highest BCUT2D eigenvalue weighted by Crippen LogP contribution is 2.07. The molecule has 2 rings (SSSR count). The van der Waals surface area contributed by atoms with Crippen molar-refractivity contribution < 1.29 is 5.11 Å². The van der Waals surface area contributed by atoms with Crippen molar-refractivity contribution in [2.75, 3.05) is 19.6 Å². The van der Waals surface area contributed by atoms with Gasteiger partial charge in [0.1, 0.15) is 12.4 Å². The second-order valence-corrected chi connectivity index (χ2v) is 3.74. The SMILES string of the molecule is OCc1nccn1CCN1CCCC1. The lowest BCUT2D eigenvalue weighted by Crippen LogP contribution is -2.24. The summed E-state index contributed by atoms with van der Waals surface area (Å²) in [4.78, 5) is 6.53. The maximum atomic E-state index is 9.00. The van der Waals surface area contributed by atoms with E-state index >= 15 is 0 Å². The summed E-state index contributed by atoms with van der Waals surface area (Å²) in [6.45, 7) is 4.50. The van der Waals surface area contributed by atoms with Crippen LogP contribution in [0.5, 0.6) is 0 Å². The molecule has 2 heterocycles. The standard InChI is InChI=1S/C10H17N3O/c14-9-10-11-3-6-13(10)8-7-12-4-1-2-5-12/h3,6,14H,1-2,4-5,7-9H2. The largest absolute Gasteiger partial charge is 0.388 e. The van der Waals surface area contributed by atoms with Gasteiger partial charge in [0.15, 0.2) is 0 Å². The van der Waals surface area contributed by atoms with E-state index in [1.54, 1.807) is 6.20 Å². The molecule has 4 heteroatoms. The van der Waals surface area contributed by atoms with Crippen LogP contribution in [0, 0.1) is 0 Å². The molecule has 1 aromatic rings. The van der Waals surface area contributed by atoms with Gasteiger partial charge in [-0.1, -0.05) is 0 Å². The lowest BCUT2D eigenvalue weighted by atomic mass is 10.4. The van der Waals surface area contributed by atoms with E-state index in [4.69, 9.17) is 5.11 Å². The van der Waals surface area contributed by atoms with Crippen LogP contribution in [0.3, 0.4) is 0 Å². The lowest BCUT2D eigenvalue weighted by Gasteiger charge is -2.15. The Kier molecular flexibility index (Phi) is 3.16. The highest BCUT2D eigenvalue weighted by Gasteiger charge is 2.11. The van der Waals surface area contributed by atoms with E-state index in [0.717, 1.165) is 18.9 Å². The van der Waals surface area contributed by atoms with E-state index in [9.17, 15) is 0 Å². The van der Waals surface area contributed by atoms with E-state index in [1.165, 1.54) is 25.9 Å². The van der Waals surface area contributed by atoms with Gasteiger partial charge in [-0.25, -0.2) is 4.98 Å². The van der Waals surface area contributed by atoms with Crippen molar-refractivity contribution in [1.29, 1.82) is 0 Å². The second-order valence-electron chi connectivity index (χ2n) is 3.74. The summed E-state index contributed by atoms with van der Waals surface area (Å²) in [5.41, 5.74) is 0. The zero-order chi connectivity index (χ0) is 9.80. The molecule has 0 radical (unpaired) electrons. The fraction of sp³-hybridized carbons (Fsp3) is 0.700. The summed E-state index contributed by atoms with van der Waals surface area (Å²) in [7, 11) is 0. The molecule has 0 bridgehead atoms. The molecule has 0 aromatic carbocycles. The molecule has 1 fully saturated rings. The van der Waals surface area contributed by atoms with Gasteiger partial charge < -0.3 is 14.6 Å². The summed E-state index contributed by atoms with van der Waals surface area (Å²) in [6, 6.07) is 0. The van der Waals surface area contributed by atoms with E-state index < -0.39 is 0 Å². The first-order chi connectivity index (χ1) is 6.90. The Hall–Kier alpha value is -0.870. The van der Waals surface area contributed by atoms with Gasteiger partial charge in [-0.2, -0.15) is 0 Å². The van der Waals surface area contributed by atoms with Gasteiger partial charge in [0.2, 0.25) is 0 Å². The van der Waals surface area contributed by atoms with Gasteiger partial charge in [0.25, 0.3) is 0 Å². The van der Waals surface area contributed by atoms with Crippen molar-refractivity contribution in [2.45, 2.75) is 26.0 Å². The molecule has 14 heavy (non-hydrogen) atoms. The summed E-state index contributed by atoms with van der Waals surface area (Å²) < 4.78 is 2.03. The van der Waals surface area contributed by atoms with Crippen LogP contribution in [0.4, 0.5) is 0 Å². The van der Waals surface area contributed by atoms with Crippen molar-refractivity contribution in [1.82, 2.24) is 14.5 Å². The zero-order valence-corrected chi connectivity index (χ0v) is 8.39. The van der Waals surface area contributed by atoms with Gasteiger partial charge in [-0.15, -0.1) is 0 Å². The highest BCUT2D eigenvalue weighted by atomic mass is 16.3. The summed E-state index contributed by atoms with van der Waals surface area (Å²) in [5, 5.41) is 9.00. The van der Waals surface area contributed by atoms with Crippen LogP contribution in [0.25, 0.3) is 0 Å². The number of hydrogen-bond donors (Lipinski definition) is 1. The molecule has 0 atom stereocenters. The topological polar surface area (TPSA) is 41.3 Å². The molecule has 0 aliphatic carbocycles. The Morgan fingerprint density at radius 1 is 1.29 bits per heavy atom. The van der Waals surface area contributed by atoms with Crippen LogP contribution in [0.1, 0.15) is 18.7 Å². The van der Waals surface area contributed by atoms with Crippen LogP contribution in [-0.4, -0.2) is 39.2 Å². The van der Waals surface area contributed by atoms with Crippen molar-refractivity contribution in [3.8, 4) is 0 Å². The molecule has 1 N–H and O–H groups in total. The van der Waals surface area contributed by atoms with E-state index in [0.29, 0.717) is 0 Å². The number of hydrogen-bond acceptors (Lipinski definition) is 3. The van der Waals surface area contributed by atoms with Crippen LogP contribution < -0.4 is 0 Å². The third-order valence-electron chi connectivity index (χ3n) is 2.80. The van der Waals surface area contributed by atoms with Gasteiger partial charge in [0, 0.05) is 25.5 Å². The number of aliphatic hydroxyl groups is 1. The minimum atomic E-state index is 0.0347. The Balaban J connectivity index is 1.84. The molecule has 1 aliphatic rings. The Bertz CT molecular complexity index is 279. The van der Waals surface area contributed by atoms with Crippen molar-refractivity contribution >= 4 is 0 Å². The molecule has 0 amide bonds. The molecule has 0 unspecified atom stereocenters. The number of nitrogens with zero attached hydrogens (tertiary/aromatic N) is 3. The molecule has 1 saturated heterocycles. The lowest BCUT2D eigenvalue weighted by molar-refractivity contribution is 0.259. The Labute approximate surface area is 84.2 Å². The fourth-order valence-electron chi connectivity index (χ4n) is 1.95. The second kappa shape index (κ2) is 4.57. The predicted molar refractivity (Wildman–Crippen MR) is 53.8 cm³/mol. The number of likely N-dealkylation sites (tertiary alicyclic amines) is 1. The number of aromatic nitrogens is 2. The molecule has 0 saturated carbocycles. The monoisotopic (exact) mass is 195 g/mol. The fourth-order valence-corrected chi connectivity index (χ4v) is 1.95. The number of imidazole rings is 1. The first-order valence-electron chi connectivity index (χ1n) is 5.23. The first kappa shape index (κ1) is 9.68. The quantitative estimate of drug-likeness (QED) is 0.759. The van der Waals surface area contributed by atoms with Gasteiger partial charge >= 0.3 is 0 Å².